The summed E-state index contributed by atoms with van der Waals surface area (Å²) in [6.07, 6.45) is 0. The van der Waals surface area contributed by atoms with Crippen molar-refractivity contribution < 1.29 is 32.6 Å². The molecule has 0 aromatic heterocycles. The van der Waals surface area contributed by atoms with E-state index >= 15 is 0 Å². The third-order valence-electron chi connectivity index (χ3n) is 5.31. The number of carbonyl (C=O) groups is 2. The molecule has 0 saturated carbocycles. The summed E-state index contributed by atoms with van der Waals surface area (Å²) in [5, 5.41) is 9.67. The van der Waals surface area contributed by atoms with E-state index in [1.807, 2.05) is 0 Å². The number of sulfone groups is 1. The first-order chi connectivity index (χ1) is 14.8. The summed E-state index contributed by atoms with van der Waals surface area (Å²) in [4.78, 5) is 25.0. The van der Waals surface area contributed by atoms with Gasteiger partial charge in [0.05, 0.1) is 24.7 Å². The maximum atomic E-state index is 13.7. The van der Waals surface area contributed by atoms with E-state index in [0.717, 1.165) is 20.3 Å². The molecule has 0 aliphatic heterocycles. The van der Waals surface area contributed by atoms with Gasteiger partial charge in [-0.25, -0.2) is 18.0 Å². The summed E-state index contributed by atoms with van der Waals surface area (Å²) in [7, 11) is -1.72. The summed E-state index contributed by atoms with van der Waals surface area (Å²) < 4.78 is 37.0. The van der Waals surface area contributed by atoms with Crippen LogP contribution >= 0.6 is 0 Å². The van der Waals surface area contributed by atoms with Crippen molar-refractivity contribution in [3.63, 3.8) is 0 Å². The maximum Gasteiger partial charge on any atom is 0.341 e. The zero-order valence-corrected chi connectivity index (χ0v) is 17.5. The van der Waals surface area contributed by atoms with Gasteiger partial charge < -0.3 is 14.6 Å². The van der Waals surface area contributed by atoms with Crippen molar-refractivity contribution in [2.75, 3.05) is 14.2 Å². The number of benzene rings is 3. The lowest BCUT2D eigenvalue weighted by atomic mass is 9.96. The molecule has 1 N–H and O–H groups in total. The molecule has 31 heavy (non-hydrogen) atoms. The van der Waals surface area contributed by atoms with Crippen molar-refractivity contribution in [1.29, 1.82) is 0 Å². The topological polar surface area (TPSA) is 107 Å². The molecule has 0 amide bonds. The quantitative estimate of drug-likeness (QED) is 0.621. The molecule has 0 bridgehead atoms. The number of aromatic hydroxyl groups is 1. The Morgan fingerprint density at radius 2 is 1.45 bits per heavy atom. The lowest BCUT2D eigenvalue weighted by Crippen LogP contribution is -2.17. The summed E-state index contributed by atoms with van der Waals surface area (Å²) in [5.74, 6) is -2.15. The third kappa shape index (κ3) is 3.07. The van der Waals surface area contributed by atoms with Crippen molar-refractivity contribution in [3.8, 4) is 16.9 Å². The normalized spacial score (nSPS) is 14.5. The molecule has 7 nitrogen and oxygen atoms in total. The molecule has 1 aliphatic rings. The lowest BCUT2D eigenvalue weighted by Gasteiger charge is -2.18. The Morgan fingerprint density at radius 3 is 2.10 bits per heavy atom. The van der Waals surface area contributed by atoms with Gasteiger partial charge in [0.15, 0.2) is 9.84 Å². The molecule has 0 spiro atoms. The average Bonchev–Trinajstić information content (AvgIpc) is 3.15. The number of hydrogen-bond donors (Lipinski definition) is 1. The van der Waals surface area contributed by atoms with E-state index in [9.17, 15) is 23.1 Å². The van der Waals surface area contributed by atoms with E-state index in [-0.39, 0.29) is 27.1 Å². The van der Waals surface area contributed by atoms with Gasteiger partial charge >= 0.3 is 11.9 Å². The number of carbonyl (C=O) groups excluding carboxylic acids is 2. The Labute approximate surface area is 178 Å². The molecular weight excluding hydrogens is 420 g/mol. The van der Waals surface area contributed by atoms with E-state index in [2.05, 4.69) is 0 Å². The molecule has 3 aromatic carbocycles. The van der Waals surface area contributed by atoms with E-state index in [4.69, 9.17) is 9.47 Å². The van der Waals surface area contributed by atoms with Crippen LogP contribution in [0.4, 0.5) is 0 Å². The molecular formula is C23H18O7S. The second-order valence-electron chi connectivity index (χ2n) is 6.92. The van der Waals surface area contributed by atoms with Crippen LogP contribution in [0.15, 0.2) is 65.6 Å². The van der Waals surface area contributed by atoms with Crippen LogP contribution in [0.25, 0.3) is 11.1 Å². The zero-order chi connectivity index (χ0) is 22.3. The predicted molar refractivity (Wildman–Crippen MR) is 112 cm³/mol. The molecule has 8 heteroatoms. The molecule has 1 aliphatic carbocycles. The average molecular weight is 438 g/mol. The van der Waals surface area contributed by atoms with Gasteiger partial charge in [-0.05, 0) is 29.3 Å². The molecule has 3 aromatic rings. The van der Waals surface area contributed by atoms with E-state index < -0.39 is 32.8 Å². The molecule has 4 rings (SSSR count). The fourth-order valence-corrected chi connectivity index (χ4v) is 5.86. The zero-order valence-electron chi connectivity index (χ0n) is 16.7. The van der Waals surface area contributed by atoms with Gasteiger partial charge in [0.25, 0.3) is 0 Å². The first-order valence-electron chi connectivity index (χ1n) is 9.27. The van der Waals surface area contributed by atoms with Gasteiger partial charge in [-0.2, -0.15) is 0 Å². The van der Waals surface area contributed by atoms with Crippen LogP contribution in [0.3, 0.4) is 0 Å². The number of phenols is 1. The fourth-order valence-electron chi connectivity index (χ4n) is 3.95. The highest BCUT2D eigenvalue weighted by Crippen LogP contribution is 2.54. The Morgan fingerprint density at radius 1 is 0.871 bits per heavy atom. The van der Waals surface area contributed by atoms with Gasteiger partial charge in [0.1, 0.15) is 16.6 Å². The predicted octanol–water partition coefficient (Wildman–Crippen LogP) is 3.51. The van der Waals surface area contributed by atoms with E-state index in [1.54, 1.807) is 42.5 Å². The van der Waals surface area contributed by atoms with E-state index in [0.29, 0.717) is 11.1 Å². The van der Waals surface area contributed by atoms with Crippen LogP contribution in [0.1, 0.15) is 37.1 Å². The van der Waals surface area contributed by atoms with Crippen LogP contribution in [-0.4, -0.2) is 39.7 Å². The van der Waals surface area contributed by atoms with Gasteiger partial charge in [-0.15, -0.1) is 0 Å². The van der Waals surface area contributed by atoms with Crippen molar-refractivity contribution >= 4 is 21.8 Å². The molecule has 0 radical (unpaired) electrons. The van der Waals surface area contributed by atoms with Crippen LogP contribution in [0.2, 0.25) is 0 Å². The largest absolute Gasteiger partial charge is 0.506 e. The third-order valence-corrected chi connectivity index (χ3v) is 7.35. The standard InChI is InChI=1S/C23H18O7S/c1-29-22(25)16-12-17(23(26)30-2)20(24)18-14-10-6-7-11-15(14)21(19(16)18)31(27,28)13-8-4-3-5-9-13/h3-12,21,24H,1-2H3. The highest BCUT2D eigenvalue weighted by Gasteiger charge is 2.44. The SMILES string of the molecule is COC(=O)c1cc(C(=O)OC)c2c(c1O)-c1ccccc1C2S(=O)(=O)c1ccccc1. The molecule has 158 valence electrons. The van der Waals surface area contributed by atoms with Crippen molar-refractivity contribution in [1.82, 2.24) is 0 Å². The highest BCUT2D eigenvalue weighted by atomic mass is 32.2. The molecule has 0 heterocycles. The summed E-state index contributed by atoms with van der Waals surface area (Å²) in [5.41, 5.74) is 0.593. The first-order valence-corrected chi connectivity index (χ1v) is 10.8. The Balaban J connectivity index is 2.13. The Bertz CT molecular complexity index is 1310. The second-order valence-corrected chi connectivity index (χ2v) is 8.95. The molecule has 1 atom stereocenters. The van der Waals surface area contributed by atoms with Gasteiger partial charge in [-0.3, -0.25) is 0 Å². The van der Waals surface area contributed by atoms with Gasteiger partial charge in [0, 0.05) is 11.1 Å². The lowest BCUT2D eigenvalue weighted by molar-refractivity contribution is 0.0596. The molecule has 0 fully saturated rings. The van der Waals surface area contributed by atoms with E-state index in [1.165, 1.54) is 12.1 Å². The highest BCUT2D eigenvalue weighted by molar-refractivity contribution is 7.92. The fraction of sp³-hybridized carbons (Fsp3) is 0.130. The number of hydrogen-bond acceptors (Lipinski definition) is 7. The molecule has 1 unspecified atom stereocenters. The van der Waals surface area contributed by atoms with Crippen LogP contribution in [-0.2, 0) is 19.3 Å². The smallest absolute Gasteiger partial charge is 0.341 e. The van der Waals surface area contributed by atoms with Gasteiger partial charge in [-0.1, -0.05) is 42.5 Å². The minimum Gasteiger partial charge on any atom is -0.506 e. The number of rotatable bonds is 4. The van der Waals surface area contributed by atoms with Crippen molar-refractivity contribution in [3.05, 3.63) is 82.9 Å². The molecule has 0 saturated heterocycles. The minimum atomic E-state index is -4.02. The van der Waals surface area contributed by atoms with Crippen LogP contribution in [0.5, 0.6) is 5.75 Å². The first kappa shape index (κ1) is 20.6. The number of ether oxygens (including phenoxy) is 2. The van der Waals surface area contributed by atoms with Gasteiger partial charge in [0.2, 0.25) is 0 Å². The minimum absolute atomic E-state index is 0.0648. The summed E-state index contributed by atoms with van der Waals surface area (Å²) in [6.45, 7) is 0. The van der Waals surface area contributed by atoms with Crippen molar-refractivity contribution in [2.24, 2.45) is 0 Å². The number of esters is 2. The number of fused-ring (bicyclic) bond motifs is 3. The number of methoxy groups -OCH3 is 2. The van der Waals surface area contributed by atoms with Crippen LogP contribution < -0.4 is 0 Å². The van der Waals surface area contributed by atoms with Crippen LogP contribution in [0, 0.1) is 0 Å². The summed E-state index contributed by atoms with van der Waals surface area (Å²) >= 11 is 0. The second kappa shape index (κ2) is 7.55. The monoisotopic (exact) mass is 438 g/mol. The summed E-state index contributed by atoms with van der Waals surface area (Å²) in [6, 6.07) is 15.6. The Kier molecular flexibility index (Phi) is 5.02. The van der Waals surface area contributed by atoms with Crippen molar-refractivity contribution in [2.45, 2.75) is 10.1 Å². The number of phenolic OH excluding ortho intramolecular Hbond substituents is 1. The maximum absolute atomic E-state index is 13.7. The Hall–Kier alpha value is -3.65.